The molecule has 1 aliphatic rings. The van der Waals surface area contributed by atoms with Crippen molar-refractivity contribution in [2.75, 3.05) is 18.4 Å². The van der Waals surface area contributed by atoms with E-state index in [-0.39, 0.29) is 23.5 Å². The number of nitrogens with one attached hydrogen (secondary N) is 1. The minimum absolute atomic E-state index is 0.0410. The molecule has 27 heavy (non-hydrogen) atoms. The third-order valence-electron chi connectivity index (χ3n) is 4.99. The second kappa shape index (κ2) is 7.91. The third kappa shape index (κ3) is 4.54. The van der Waals surface area contributed by atoms with Crippen LogP contribution in [-0.2, 0) is 4.79 Å². The Labute approximate surface area is 159 Å². The summed E-state index contributed by atoms with van der Waals surface area (Å²) in [6.07, 6.45) is 1.49. The minimum atomic E-state index is -0.344. The normalized spacial score (nSPS) is 16.9. The van der Waals surface area contributed by atoms with Crippen LogP contribution in [0, 0.1) is 32.5 Å². The van der Waals surface area contributed by atoms with E-state index >= 15 is 0 Å². The maximum atomic E-state index is 13.7. The Morgan fingerprint density at radius 3 is 2.44 bits per heavy atom. The van der Waals surface area contributed by atoms with Gasteiger partial charge < -0.3 is 10.2 Å². The van der Waals surface area contributed by atoms with Gasteiger partial charge in [-0.05, 0) is 63.4 Å². The zero-order valence-electron chi connectivity index (χ0n) is 16.0. The van der Waals surface area contributed by atoms with Crippen molar-refractivity contribution in [1.29, 1.82) is 0 Å². The van der Waals surface area contributed by atoms with Gasteiger partial charge in [-0.1, -0.05) is 23.3 Å². The molecule has 0 aliphatic carbocycles. The number of rotatable bonds is 3. The number of carbonyl (C=O) groups is 2. The van der Waals surface area contributed by atoms with Crippen molar-refractivity contribution in [1.82, 2.24) is 4.90 Å². The molecule has 0 spiro atoms. The van der Waals surface area contributed by atoms with Crippen molar-refractivity contribution in [3.63, 3.8) is 0 Å². The van der Waals surface area contributed by atoms with Crippen LogP contribution in [0.5, 0.6) is 0 Å². The van der Waals surface area contributed by atoms with Crippen molar-refractivity contribution in [2.24, 2.45) is 5.92 Å². The van der Waals surface area contributed by atoms with Gasteiger partial charge >= 0.3 is 0 Å². The fraction of sp³-hybridized carbons (Fsp3) is 0.364. The molecule has 1 atom stereocenters. The molecule has 2 aromatic carbocycles. The van der Waals surface area contributed by atoms with Crippen molar-refractivity contribution in [3.8, 4) is 0 Å². The SMILES string of the molecule is Cc1cc(C)cc(C(=O)N2CCC[C@H](C(=O)Nc3ccc(C)c(F)c3)C2)c1. The predicted molar refractivity (Wildman–Crippen MR) is 104 cm³/mol. The Balaban J connectivity index is 1.68. The summed E-state index contributed by atoms with van der Waals surface area (Å²) in [6.45, 7) is 6.65. The van der Waals surface area contributed by atoms with E-state index in [2.05, 4.69) is 5.32 Å². The molecule has 0 unspecified atom stereocenters. The number of amides is 2. The standard InChI is InChI=1S/C22H25FN2O2/c1-14-9-15(2)11-18(10-14)22(27)25-8-4-5-17(13-25)21(26)24-19-7-6-16(3)20(23)12-19/h6-7,9-12,17H,4-5,8,13H2,1-3H3,(H,24,26)/t17-/m0/s1. The van der Waals surface area contributed by atoms with Gasteiger partial charge in [-0.3, -0.25) is 9.59 Å². The Kier molecular flexibility index (Phi) is 5.59. The lowest BCUT2D eigenvalue weighted by Crippen LogP contribution is -2.43. The molecule has 1 N–H and O–H groups in total. The third-order valence-corrected chi connectivity index (χ3v) is 4.99. The molecule has 1 saturated heterocycles. The van der Waals surface area contributed by atoms with E-state index in [1.54, 1.807) is 24.0 Å². The number of piperidine rings is 1. The monoisotopic (exact) mass is 368 g/mol. The summed E-state index contributed by atoms with van der Waals surface area (Å²) in [5.41, 5.74) is 3.74. The Bertz CT molecular complexity index is 858. The summed E-state index contributed by atoms with van der Waals surface area (Å²) >= 11 is 0. The zero-order valence-corrected chi connectivity index (χ0v) is 16.0. The van der Waals surface area contributed by atoms with Crippen LogP contribution < -0.4 is 5.32 Å². The molecular weight excluding hydrogens is 343 g/mol. The lowest BCUT2D eigenvalue weighted by Gasteiger charge is -2.32. The maximum Gasteiger partial charge on any atom is 0.253 e. The summed E-state index contributed by atoms with van der Waals surface area (Å²) in [4.78, 5) is 27.2. The van der Waals surface area contributed by atoms with E-state index in [0.29, 0.717) is 29.9 Å². The number of likely N-dealkylation sites (tertiary alicyclic amines) is 1. The van der Waals surface area contributed by atoms with Gasteiger partial charge in [0.25, 0.3) is 5.91 Å². The average molecular weight is 368 g/mol. The molecule has 3 rings (SSSR count). The Morgan fingerprint density at radius 2 is 1.78 bits per heavy atom. The van der Waals surface area contributed by atoms with E-state index in [4.69, 9.17) is 0 Å². The zero-order chi connectivity index (χ0) is 19.6. The van der Waals surface area contributed by atoms with Gasteiger partial charge in [0.05, 0.1) is 5.92 Å². The number of benzene rings is 2. The number of anilines is 1. The van der Waals surface area contributed by atoms with E-state index < -0.39 is 0 Å². The number of hydrogen-bond acceptors (Lipinski definition) is 2. The van der Waals surface area contributed by atoms with Gasteiger partial charge in [0.15, 0.2) is 0 Å². The Morgan fingerprint density at radius 1 is 1.07 bits per heavy atom. The van der Waals surface area contributed by atoms with E-state index in [0.717, 1.165) is 24.0 Å². The smallest absolute Gasteiger partial charge is 0.253 e. The van der Waals surface area contributed by atoms with E-state index in [1.807, 2.05) is 32.0 Å². The number of nitrogens with zero attached hydrogens (tertiary/aromatic N) is 1. The summed E-state index contributed by atoms with van der Waals surface area (Å²) < 4.78 is 13.7. The highest BCUT2D eigenvalue weighted by molar-refractivity contribution is 5.96. The number of hydrogen-bond donors (Lipinski definition) is 1. The molecule has 5 heteroatoms. The largest absolute Gasteiger partial charge is 0.338 e. The molecule has 2 aromatic rings. The molecule has 0 bridgehead atoms. The van der Waals surface area contributed by atoms with E-state index in [1.165, 1.54) is 6.07 Å². The molecule has 1 fully saturated rings. The highest BCUT2D eigenvalue weighted by Crippen LogP contribution is 2.22. The van der Waals surface area contributed by atoms with Crippen molar-refractivity contribution in [2.45, 2.75) is 33.6 Å². The van der Waals surface area contributed by atoms with Gasteiger partial charge in [0.1, 0.15) is 5.82 Å². The van der Waals surface area contributed by atoms with Crippen LogP contribution in [0.4, 0.5) is 10.1 Å². The van der Waals surface area contributed by atoms with Crippen LogP contribution in [0.1, 0.15) is 39.9 Å². The first-order valence-electron chi connectivity index (χ1n) is 9.28. The van der Waals surface area contributed by atoms with Crippen LogP contribution in [0.2, 0.25) is 0 Å². The van der Waals surface area contributed by atoms with Crippen LogP contribution in [0.3, 0.4) is 0 Å². The summed E-state index contributed by atoms with van der Waals surface area (Å²) in [6, 6.07) is 10.5. The van der Waals surface area contributed by atoms with Crippen molar-refractivity contribution in [3.05, 3.63) is 64.5 Å². The fourth-order valence-electron chi connectivity index (χ4n) is 3.57. The van der Waals surface area contributed by atoms with Crippen molar-refractivity contribution >= 4 is 17.5 Å². The van der Waals surface area contributed by atoms with Crippen LogP contribution in [0.15, 0.2) is 36.4 Å². The quantitative estimate of drug-likeness (QED) is 0.881. The van der Waals surface area contributed by atoms with Crippen LogP contribution in [0.25, 0.3) is 0 Å². The molecule has 1 aliphatic heterocycles. The Hall–Kier alpha value is -2.69. The average Bonchev–Trinajstić information content (AvgIpc) is 2.63. The lowest BCUT2D eigenvalue weighted by atomic mass is 9.96. The number of carbonyl (C=O) groups excluding carboxylic acids is 2. The number of aryl methyl sites for hydroxylation is 3. The minimum Gasteiger partial charge on any atom is -0.338 e. The molecule has 1 heterocycles. The molecule has 2 amide bonds. The van der Waals surface area contributed by atoms with Gasteiger partial charge in [-0.2, -0.15) is 0 Å². The molecule has 4 nitrogen and oxygen atoms in total. The highest BCUT2D eigenvalue weighted by Gasteiger charge is 2.29. The molecular formula is C22H25FN2O2. The summed E-state index contributed by atoms with van der Waals surface area (Å²) in [7, 11) is 0. The second-order valence-electron chi connectivity index (χ2n) is 7.42. The first-order chi connectivity index (χ1) is 12.8. The predicted octanol–water partition coefficient (Wildman–Crippen LogP) is 4.24. The van der Waals surface area contributed by atoms with Crippen LogP contribution in [-0.4, -0.2) is 29.8 Å². The lowest BCUT2D eigenvalue weighted by molar-refractivity contribution is -0.121. The van der Waals surface area contributed by atoms with Gasteiger partial charge in [0.2, 0.25) is 5.91 Å². The maximum absolute atomic E-state index is 13.7. The van der Waals surface area contributed by atoms with Crippen LogP contribution >= 0.6 is 0 Å². The summed E-state index contributed by atoms with van der Waals surface area (Å²) in [5, 5.41) is 2.78. The topological polar surface area (TPSA) is 49.4 Å². The second-order valence-corrected chi connectivity index (χ2v) is 7.42. The molecule has 0 saturated carbocycles. The molecule has 0 aromatic heterocycles. The first-order valence-corrected chi connectivity index (χ1v) is 9.28. The van der Waals surface area contributed by atoms with Crippen molar-refractivity contribution < 1.29 is 14.0 Å². The summed E-state index contributed by atoms with van der Waals surface area (Å²) in [5.74, 6) is -0.849. The first kappa shape index (κ1) is 19.1. The molecule has 142 valence electrons. The van der Waals surface area contributed by atoms with E-state index in [9.17, 15) is 14.0 Å². The van der Waals surface area contributed by atoms with Gasteiger partial charge in [-0.25, -0.2) is 4.39 Å². The highest BCUT2D eigenvalue weighted by atomic mass is 19.1. The number of halogens is 1. The fourth-order valence-corrected chi connectivity index (χ4v) is 3.57. The van der Waals surface area contributed by atoms with Gasteiger partial charge in [0, 0.05) is 24.3 Å². The molecule has 0 radical (unpaired) electrons. The van der Waals surface area contributed by atoms with Gasteiger partial charge in [-0.15, -0.1) is 0 Å².